The summed E-state index contributed by atoms with van der Waals surface area (Å²) >= 11 is 3.53. The van der Waals surface area contributed by atoms with E-state index in [1.54, 1.807) is 0 Å². The maximum absolute atomic E-state index is 5.95. The van der Waals surface area contributed by atoms with Crippen molar-refractivity contribution in [1.82, 2.24) is 0 Å². The van der Waals surface area contributed by atoms with E-state index in [4.69, 9.17) is 5.73 Å². The van der Waals surface area contributed by atoms with E-state index >= 15 is 0 Å². The van der Waals surface area contributed by atoms with E-state index in [9.17, 15) is 0 Å². The van der Waals surface area contributed by atoms with Gasteiger partial charge >= 0.3 is 0 Å². The third kappa shape index (κ3) is 1.90. The van der Waals surface area contributed by atoms with Crippen molar-refractivity contribution < 1.29 is 0 Å². The molecule has 13 heavy (non-hydrogen) atoms. The molecule has 1 atom stereocenters. The highest BCUT2D eigenvalue weighted by atomic mass is 79.9. The van der Waals surface area contributed by atoms with Gasteiger partial charge in [0.05, 0.1) is 0 Å². The van der Waals surface area contributed by atoms with Gasteiger partial charge in [-0.15, -0.1) is 12.4 Å². The van der Waals surface area contributed by atoms with Crippen molar-refractivity contribution in [2.45, 2.75) is 25.8 Å². The molecule has 72 valence electrons. The Balaban J connectivity index is 0.000000845. The fourth-order valence-electron chi connectivity index (χ4n) is 1.77. The predicted molar refractivity (Wildman–Crippen MR) is 61.4 cm³/mol. The van der Waals surface area contributed by atoms with Crippen LogP contribution in [0.5, 0.6) is 0 Å². The van der Waals surface area contributed by atoms with Crippen molar-refractivity contribution in [1.29, 1.82) is 0 Å². The summed E-state index contributed by atoms with van der Waals surface area (Å²) in [6.45, 7) is 2.11. The molecule has 0 bridgehead atoms. The highest BCUT2D eigenvalue weighted by Crippen LogP contribution is 2.32. The molecule has 0 heterocycles. The Kier molecular flexibility index (Phi) is 3.38. The van der Waals surface area contributed by atoms with E-state index in [0.29, 0.717) is 0 Å². The lowest BCUT2D eigenvalue weighted by atomic mass is 10.1. The van der Waals surface area contributed by atoms with Crippen LogP contribution in [0.25, 0.3) is 0 Å². The van der Waals surface area contributed by atoms with Crippen LogP contribution in [0.4, 0.5) is 0 Å². The Hall–Kier alpha value is -0.0500. The maximum Gasteiger partial charge on any atom is 0.0300 e. The second kappa shape index (κ2) is 3.99. The zero-order chi connectivity index (χ0) is 8.72. The van der Waals surface area contributed by atoms with E-state index in [1.165, 1.54) is 21.2 Å². The molecule has 1 aromatic carbocycles. The minimum absolute atomic E-state index is 0. The average molecular weight is 263 g/mol. The Labute approximate surface area is 93.2 Å². The number of rotatable bonds is 0. The summed E-state index contributed by atoms with van der Waals surface area (Å²) in [4.78, 5) is 0. The normalized spacial score (nSPS) is 19.5. The van der Waals surface area contributed by atoms with Crippen molar-refractivity contribution in [2.24, 2.45) is 5.73 Å². The van der Waals surface area contributed by atoms with Crippen LogP contribution in [-0.4, -0.2) is 0 Å². The Bertz CT molecular complexity index is 325. The molecule has 1 aromatic rings. The first-order chi connectivity index (χ1) is 5.68. The number of aryl methyl sites for hydroxylation is 2. The summed E-state index contributed by atoms with van der Waals surface area (Å²) in [6.07, 6.45) is 2.24. The van der Waals surface area contributed by atoms with Gasteiger partial charge in [-0.3, -0.25) is 0 Å². The van der Waals surface area contributed by atoms with Gasteiger partial charge in [0.25, 0.3) is 0 Å². The minimum Gasteiger partial charge on any atom is -0.324 e. The molecular weight excluding hydrogens is 249 g/mol. The smallest absolute Gasteiger partial charge is 0.0300 e. The number of hydrogen-bond donors (Lipinski definition) is 1. The molecule has 2 rings (SSSR count). The molecule has 0 aromatic heterocycles. The summed E-state index contributed by atoms with van der Waals surface area (Å²) in [5.41, 5.74) is 9.99. The van der Waals surface area contributed by atoms with Gasteiger partial charge in [0, 0.05) is 10.5 Å². The van der Waals surface area contributed by atoms with Gasteiger partial charge in [0.2, 0.25) is 0 Å². The van der Waals surface area contributed by atoms with E-state index in [-0.39, 0.29) is 18.4 Å². The van der Waals surface area contributed by atoms with Gasteiger partial charge in [-0.25, -0.2) is 0 Å². The van der Waals surface area contributed by atoms with Crippen molar-refractivity contribution in [3.8, 4) is 0 Å². The summed E-state index contributed by atoms with van der Waals surface area (Å²) < 4.78 is 1.20. The molecule has 1 aliphatic rings. The molecule has 0 saturated carbocycles. The van der Waals surface area contributed by atoms with E-state index in [0.717, 1.165) is 12.8 Å². The molecule has 0 spiro atoms. The third-order valence-corrected chi connectivity index (χ3v) is 3.40. The molecule has 0 fully saturated rings. The van der Waals surface area contributed by atoms with E-state index in [2.05, 4.69) is 35.0 Å². The molecule has 0 unspecified atom stereocenters. The number of halogens is 2. The second-order valence-corrected chi connectivity index (χ2v) is 4.30. The number of hydrogen-bond acceptors (Lipinski definition) is 1. The minimum atomic E-state index is 0. The molecule has 1 nitrogen and oxygen atoms in total. The fraction of sp³-hybridized carbons (Fsp3) is 0.400. The number of benzene rings is 1. The summed E-state index contributed by atoms with van der Waals surface area (Å²) in [7, 11) is 0. The maximum atomic E-state index is 5.95. The van der Waals surface area contributed by atoms with Crippen LogP contribution in [0.1, 0.15) is 29.2 Å². The zero-order valence-corrected chi connectivity index (χ0v) is 9.91. The topological polar surface area (TPSA) is 26.0 Å². The van der Waals surface area contributed by atoms with Crippen molar-refractivity contribution in [3.63, 3.8) is 0 Å². The molecule has 0 aliphatic heterocycles. The van der Waals surface area contributed by atoms with Gasteiger partial charge in [-0.1, -0.05) is 22.0 Å². The van der Waals surface area contributed by atoms with Gasteiger partial charge < -0.3 is 5.73 Å². The van der Waals surface area contributed by atoms with Gasteiger partial charge in [-0.2, -0.15) is 0 Å². The third-order valence-electron chi connectivity index (χ3n) is 2.54. The summed E-state index contributed by atoms with van der Waals surface area (Å²) in [6, 6.07) is 4.68. The Morgan fingerprint density at radius 1 is 1.46 bits per heavy atom. The van der Waals surface area contributed by atoms with E-state index in [1.807, 2.05) is 0 Å². The van der Waals surface area contributed by atoms with Crippen LogP contribution in [0.2, 0.25) is 0 Å². The molecule has 0 amide bonds. The van der Waals surface area contributed by atoms with Crippen molar-refractivity contribution >= 4 is 28.3 Å². The fourth-order valence-corrected chi connectivity index (χ4v) is 2.16. The first-order valence-electron chi connectivity index (χ1n) is 4.23. The first kappa shape index (κ1) is 11.0. The van der Waals surface area contributed by atoms with Gasteiger partial charge in [0.15, 0.2) is 0 Å². The zero-order valence-electron chi connectivity index (χ0n) is 7.51. The standard InChI is InChI=1S/C10H12BrN.ClH/c1-6-4-8-7(5-9(6)11)2-3-10(8)12;/h4-5,10H,2-3,12H2,1H3;1H/t10-;/m1./s1. The largest absolute Gasteiger partial charge is 0.324 e. The van der Waals surface area contributed by atoms with Crippen LogP contribution in [0.15, 0.2) is 16.6 Å². The molecule has 0 saturated heterocycles. The van der Waals surface area contributed by atoms with Crippen molar-refractivity contribution in [3.05, 3.63) is 33.3 Å². The number of fused-ring (bicyclic) bond motifs is 1. The van der Waals surface area contributed by atoms with Gasteiger partial charge in [0.1, 0.15) is 0 Å². The Morgan fingerprint density at radius 2 is 2.15 bits per heavy atom. The molecule has 3 heteroatoms. The van der Waals surface area contributed by atoms with Crippen LogP contribution < -0.4 is 5.73 Å². The Morgan fingerprint density at radius 3 is 2.85 bits per heavy atom. The van der Waals surface area contributed by atoms with Crippen LogP contribution >= 0.6 is 28.3 Å². The lowest BCUT2D eigenvalue weighted by Gasteiger charge is -2.06. The van der Waals surface area contributed by atoms with Crippen LogP contribution in [0.3, 0.4) is 0 Å². The van der Waals surface area contributed by atoms with Crippen LogP contribution in [-0.2, 0) is 6.42 Å². The quantitative estimate of drug-likeness (QED) is 0.764. The lowest BCUT2D eigenvalue weighted by Crippen LogP contribution is -2.05. The second-order valence-electron chi connectivity index (χ2n) is 3.45. The monoisotopic (exact) mass is 261 g/mol. The van der Waals surface area contributed by atoms with Crippen molar-refractivity contribution in [2.75, 3.05) is 0 Å². The molecule has 0 radical (unpaired) electrons. The lowest BCUT2D eigenvalue weighted by molar-refractivity contribution is 0.713. The van der Waals surface area contributed by atoms with E-state index < -0.39 is 0 Å². The summed E-state index contributed by atoms with van der Waals surface area (Å²) in [5.74, 6) is 0. The average Bonchev–Trinajstić information content (AvgIpc) is 2.35. The molecule has 1 aliphatic carbocycles. The van der Waals surface area contributed by atoms with Crippen LogP contribution in [0, 0.1) is 6.92 Å². The highest BCUT2D eigenvalue weighted by molar-refractivity contribution is 9.10. The summed E-state index contributed by atoms with van der Waals surface area (Å²) in [5, 5.41) is 0. The predicted octanol–water partition coefficient (Wildman–Crippen LogP) is 3.13. The first-order valence-corrected chi connectivity index (χ1v) is 5.02. The highest BCUT2D eigenvalue weighted by Gasteiger charge is 2.19. The molecule has 2 N–H and O–H groups in total. The number of nitrogens with two attached hydrogens (primary N) is 1. The van der Waals surface area contributed by atoms with Gasteiger partial charge in [-0.05, 0) is 42.5 Å². The SMILES string of the molecule is Cc1cc2c(cc1Br)CC[C@H]2N.Cl. The molecular formula is C10H13BrClN.